The maximum absolute atomic E-state index is 13.2. The zero-order valence-corrected chi connectivity index (χ0v) is 19.3. The second kappa shape index (κ2) is 6.71. The van der Waals surface area contributed by atoms with Gasteiger partial charge in [-0.2, -0.15) is 0 Å². The number of fused-ring (bicyclic) bond motifs is 4. The summed E-state index contributed by atoms with van der Waals surface area (Å²) in [7, 11) is 2.20. The van der Waals surface area contributed by atoms with Gasteiger partial charge < -0.3 is 10.2 Å². The summed E-state index contributed by atoms with van der Waals surface area (Å²) < 4.78 is 2.24. The van der Waals surface area contributed by atoms with Crippen molar-refractivity contribution in [2.24, 2.45) is 0 Å². The molecular weight excluding hydrogens is 396 g/mol. The van der Waals surface area contributed by atoms with Crippen LogP contribution in [-0.2, 0) is 4.79 Å². The number of Topliss-reactive ketones (excluding diaryl/α,β-unsaturated/α-hetero) is 1. The molecular formula is C27H30N4O. The molecule has 0 bridgehead atoms. The highest BCUT2D eigenvalue weighted by atomic mass is 16.1. The largest absolute Gasteiger partial charge is 0.369 e. The van der Waals surface area contributed by atoms with Gasteiger partial charge in [0.05, 0.1) is 17.1 Å². The van der Waals surface area contributed by atoms with Crippen LogP contribution in [0.25, 0.3) is 11.0 Å². The molecule has 5 nitrogen and oxygen atoms in total. The Hall–Kier alpha value is -3.08. The van der Waals surface area contributed by atoms with E-state index in [2.05, 4.69) is 66.9 Å². The predicted molar refractivity (Wildman–Crippen MR) is 129 cm³/mol. The molecule has 1 aromatic heterocycles. The quantitative estimate of drug-likeness (QED) is 0.536. The van der Waals surface area contributed by atoms with E-state index in [0.29, 0.717) is 12.3 Å². The van der Waals surface area contributed by atoms with Gasteiger partial charge in [0.1, 0.15) is 0 Å². The van der Waals surface area contributed by atoms with Crippen LogP contribution in [0.3, 0.4) is 0 Å². The lowest BCUT2D eigenvalue weighted by Gasteiger charge is -2.45. The molecule has 2 atom stereocenters. The fourth-order valence-electron chi connectivity index (χ4n) is 6.05. The van der Waals surface area contributed by atoms with Crippen molar-refractivity contribution >= 4 is 28.5 Å². The van der Waals surface area contributed by atoms with Crippen molar-refractivity contribution in [1.82, 2.24) is 9.55 Å². The molecule has 164 valence electrons. The Morgan fingerprint density at radius 3 is 2.78 bits per heavy atom. The Kier molecular flexibility index (Phi) is 4.11. The van der Waals surface area contributed by atoms with Gasteiger partial charge in [-0.3, -0.25) is 9.36 Å². The van der Waals surface area contributed by atoms with Gasteiger partial charge in [0.25, 0.3) is 0 Å². The Morgan fingerprint density at radius 1 is 1.12 bits per heavy atom. The van der Waals surface area contributed by atoms with E-state index < -0.39 is 0 Å². The summed E-state index contributed by atoms with van der Waals surface area (Å²) in [5, 5.41) is 3.51. The summed E-state index contributed by atoms with van der Waals surface area (Å²) in [6.45, 7) is 6.96. The first kappa shape index (κ1) is 19.6. The number of hydrogen-bond acceptors (Lipinski definition) is 4. The fourth-order valence-corrected chi connectivity index (χ4v) is 6.05. The average molecular weight is 427 g/mol. The lowest BCUT2D eigenvalue weighted by Crippen LogP contribution is -2.45. The molecule has 3 heterocycles. The molecule has 0 saturated heterocycles. The summed E-state index contributed by atoms with van der Waals surface area (Å²) in [5.74, 6) is 1.57. The van der Waals surface area contributed by atoms with Crippen LogP contribution in [0.15, 0.2) is 53.7 Å². The topological polar surface area (TPSA) is 50.2 Å². The van der Waals surface area contributed by atoms with Crippen molar-refractivity contribution in [3.8, 4) is 0 Å². The maximum atomic E-state index is 13.2. The van der Waals surface area contributed by atoms with Gasteiger partial charge in [0.15, 0.2) is 5.78 Å². The molecule has 1 aliphatic carbocycles. The Labute approximate surface area is 189 Å². The van der Waals surface area contributed by atoms with E-state index in [9.17, 15) is 4.79 Å². The SMILES string of the molecule is C[C@@H]1CC(C)(C)N(C)c2ccc([C@H]3C4=C(CCCC4=O)Nc4nc5ccccc5n43)cc21. The zero-order chi connectivity index (χ0) is 22.2. The molecule has 1 N–H and O–H groups in total. The number of hydrogen-bond donors (Lipinski definition) is 1. The van der Waals surface area contributed by atoms with E-state index in [1.54, 1.807) is 0 Å². The molecule has 0 saturated carbocycles. The third-order valence-electron chi connectivity index (χ3n) is 7.82. The normalized spacial score (nSPS) is 24.1. The lowest BCUT2D eigenvalue weighted by molar-refractivity contribution is -0.116. The zero-order valence-electron chi connectivity index (χ0n) is 19.3. The van der Waals surface area contributed by atoms with Crippen molar-refractivity contribution in [3.05, 3.63) is 64.9 Å². The monoisotopic (exact) mass is 426 g/mol. The Morgan fingerprint density at radius 2 is 1.94 bits per heavy atom. The third-order valence-corrected chi connectivity index (χ3v) is 7.82. The molecule has 3 aliphatic rings. The summed E-state index contributed by atoms with van der Waals surface area (Å²) >= 11 is 0. The van der Waals surface area contributed by atoms with Gasteiger partial charge in [-0.05, 0) is 68.4 Å². The first-order valence-electron chi connectivity index (χ1n) is 11.7. The number of allylic oxidation sites excluding steroid dienone is 2. The minimum atomic E-state index is -0.140. The molecule has 5 heteroatoms. The highest BCUT2D eigenvalue weighted by Gasteiger charge is 2.39. The smallest absolute Gasteiger partial charge is 0.209 e. The predicted octanol–water partition coefficient (Wildman–Crippen LogP) is 5.78. The maximum Gasteiger partial charge on any atom is 0.209 e. The van der Waals surface area contributed by atoms with Crippen LogP contribution in [-0.4, -0.2) is 27.9 Å². The van der Waals surface area contributed by atoms with E-state index in [4.69, 9.17) is 4.98 Å². The first-order valence-corrected chi connectivity index (χ1v) is 11.7. The highest BCUT2D eigenvalue weighted by Crippen LogP contribution is 2.47. The number of nitrogens with one attached hydrogen (secondary N) is 1. The lowest BCUT2D eigenvalue weighted by atomic mass is 9.78. The van der Waals surface area contributed by atoms with Crippen molar-refractivity contribution in [3.63, 3.8) is 0 Å². The standard InChI is InChI=1S/C27H30N4O/c1-16-15-27(2,3)30(4)21-13-12-17(14-18(16)21)25-24-20(9-7-11-23(24)32)29-26-28-19-8-5-6-10-22(19)31(25)26/h5-6,8,10,12-14,16,25H,7,9,11,15H2,1-4H3,(H,28,29)/t16-,25+/m1/s1. The van der Waals surface area contributed by atoms with Crippen LogP contribution in [0.2, 0.25) is 0 Å². The summed E-state index contributed by atoms with van der Waals surface area (Å²) in [5.41, 5.74) is 7.98. The number of imidazole rings is 1. The second-order valence-corrected chi connectivity index (χ2v) is 10.3. The van der Waals surface area contributed by atoms with Crippen LogP contribution in [0.4, 0.5) is 11.6 Å². The second-order valence-electron chi connectivity index (χ2n) is 10.3. The number of rotatable bonds is 1. The molecule has 0 fully saturated rings. The Balaban J connectivity index is 1.58. The molecule has 32 heavy (non-hydrogen) atoms. The number of aromatic nitrogens is 2. The Bertz CT molecular complexity index is 1300. The highest BCUT2D eigenvalue weighted by molar-refractivity contribution is 6.00. The van der Waals surface area contributed by atoms with Crippen LogP contribution in [0.5, 0.6) is 0 Å². The number of nitrogens with zero attached hydrogens (tertiary/aromatic N) is 3. The number of carbonyl (C=O) groups excluding carboxylic acids is 1. The van der Waals surface area contributed by atoms with Crippen LogP contribution in [0.1, 0.15) is 69.5 Å². The molecule has 2 aliphatic heterocycles. The molecule has 0 radical (unpaired) electrons. The van der Waals surface area contributed by atoms with E-state index in [-0.39, 0.29) is 17.4 Å². The van der Waals surface area contributed by atoms with Gasteiger partial charge in [0, 0.05) is 36.0 Å². The number of benzene rings is 2. The van der Waals surface area contributed by atoms with Gasteiger partial charge in [0.2, 0.25) is 5.95 Å². The number of ketones is 1. The third kappa shape index (κ3) is 2.70. The van der Waals surface area contributed by atoms with Crippen LogP contribution < -0.4 is 10.2 Å². The van der Waals surface area contributed by atoms with Gasteiger partial charge in [-0.25, -0.2) is 4.98 Å². The average Bonchev–Trinajstić information content (AvgIpc) is 3.14. The first-order chi connectivity index (χ1) is 15.3. The van der Waals surface area contributed by atoms with Gasteiger partial charge >= 0.3 is 0 Å². The molecule has 0 amide bonds. The molecule has 3 aromatic rings. The summed E-state index contributed by atoms with van der Waals surface area (Å²) in [6, 6.07) is 14.9. The molecule has 0 spiro atoms. The molecule has 0 unspecified atom stereocenters. The van der Waals surface area contributed by atoms with Gasteiger partial charge in [-0.15, -0.1) is 0 Å². The number of anilines is 2. The van der Waals surface area contributed by atoms with Crippen LogP contribution >= 0.6 is 0 Å². The van der Waals surface area contributed by atoms with E-state index in [1.165, 1.54) is 16.8 Å². The summed E-state index contributed by atoms with van der Waals surface area (Å²) in [4.78, 5) is 20.5. The van der Waals surface area contributed by atoms with Crippen molar-refractivity contribution in [2.45, 2.75) is 64.0 Å². The van der Waals surface area contributed by atoms with Crippen LogP contribution in [0, 0.1) is 0 Å². The molecule has 6 rings (SSSR count). The summed E-state index contributed by atoms with van der Waals surface area (Å²) in [6.07, 6.45) is 3.54. The van der Waals surface area contributed by atoms with Crippen molar-refractivity contribution in [1.29, 1.82) is 0 Å². The minimum absolute atomic E-state index is 0.130. The van der Waals surface area contributed by atoms with Crippen molar-refractivity contribution in [2.75, 3.05) is 17.3 Å². The minimum Gasteiger partial charge on any atom is -0.369 e. The molecule has 2 aromatic carbocycles. The number of carbonyl (C=O) groups is 1. The van der Waals surface area contributed by atoms with E-state index in [1.807, 2.05) is 18.2 Å². The van der Waals surface area contributed by atoms with E-state index >= 15 is 0 Å². The van der Waals surface area contributed by atoms with Gasteiger partial charge in [-0.1, -0.05) is 31.2 Å². The fraction of sp³-hybridized carbons (Fsp3) is 0.407. The van der Waals surface area contributed by atoms with Crippen molar-refractivity contribution < 1.29 is 4.79 Å². The van der Waals surface area contributed by atoms with E-state index in [0.717, 1.165) is 47.5 Å². The number of para-hydroxylation sites is 2.